The second-order valence-corrected chi connectivity index (χ2v) is 4.68. The minimum absolute atomic E-state index is 0. The highest BCUT2D eigenvalue weighted by Crippen LogP contribution is 2.14. The summed E-state index contributed by atoms with van der Waals surface area (Å²) in [5, 5.41) is 2.91. The maximum Gasteiger partial charge on any atom is 0.225 e. The Bertz CT molecular complexity index is 380. The van der Waals surface area contributed by atoms with E-state index in [4.69, 9.17) is 10.5 Å². The van der Waals surface area contributed by atoms with Gasteiger partial charge in [0.2, 0.25) is 5.91 Å². The van der Waals surface area contributed by atoms with Crippen molar-refractivity contribution >= 4 is 18.3 Å². The maximum absolute atomic E-state index is 11.9. The van der Waals surface area contributed by atoms with Crippen molar-refractivity contribution in [3.05, 3.63) is 35.9 Å². The van der Waals surface area contributed by atoms with Crippen LogP contribution in [0.2, 0.25) is 0 Å². The normalized spacial score (nSPS) is 20.2. The number of ether oxygens (including phenoxy) is 1. The van der Waals surface area contributed by atoms with Gasteiger partial charge in [0.25, 0.3) is 0 Å². The molecule has 0 radical (unpaired) electrons. The maximum atomic E-state index is 11.9. The first kappa shape index (κ1) is 16.0. The third kappa shape index (κ3) is 4.82. The Morgan fingerprint density at radius 1 is 1.42 bits per heavy atom. The van der Waals surface area contributed by atoms with E-state index in [0.717, 1.165) is 25.0 Å². The lowest BCUT2D eigenvalue weighted by molar-refractivity contribution is -0.129. The number of carbonyl (C=O) groups excluding carboxylic acids is 1. The SMILES string of the molecule is Cl.NC(CNC(=O)C1CCCOC1)c1ccccc1. The topological polar surface area (TPSA) is 64.3 Å². The third-order valence-corrected chi connectivity index (χ3v) is 3.26. The van der Waals surface area contributed by atoms with E-state index in [2.05, 4.69) is 5.32 Å². The predicted octanol–water partition coefficient (Wildman–Crippen LogP) is 1.65. The molecule has 5 heteroatoms. The molecule has 0 aliphatic carbocycles. The van der Waals surface area contributed by atoms with Crippen LogP contribution in [0.3, 0.4) is 0 Å². The average Bonchev–Trinajstić information content (AvgIpc) is 2.46. The van der Waals surface area contributed by atoms with Gasteiger partial charge >= 0.3 is 0 Å². The quantitative estimate of drug-likeness (QED) is 0.884. The standard InChI is InChI=1S/C14H20N2O2.ClH/c15-13(11-5-2-1-3-6-11)9-16-14(17)12-7-4-8-18-10-12;/h1-3,5-6,12-13H,4,7-10,15H2,(H,16,17);1H. The zero-order valence-corrected chi connectivity index (χ0v) is 11.7. The summed E-state index contributed by atoms with van der Waals surface area (Å²) in [7, 11) is 0. The summed E-state index contributed by atoms with van der Waals surface area (Å²) in [6.45, 7) is 1.78. The molecular weight excluding hydrogens is 264 g/mol. The highest BCUT2D eigenvalue weighted by Gasteiger charge is 2.21. The molecule has 4 nitrogen and oxygen atoms in total. The van der Waals surface area contributed by atoms with Gasteiger partial charge in [-0.05, 0) is 18.4 Å². The van der Waals surface area contributed by atoms with Gasteiger partial charge in [-0.1, -0.05) is 30.3 Å². The van der Waals surface area contributed by atoms with Crippen LogP contribution >= 0.6 is 12.4 Å². The van der Waals surface area contributed by atoms with Crippen LogP contribution in [-0.4, -0.2) is 25.7 Å². The second-order valence-electron chi connectivity index (χ2n) is 4.68. The zero-order chi connectivity index (χ0) is 12.8. The molecule has 2 rings (SSSR count). The van der Waals surface area contributed by atoms with Gasteiger partial charge in [-0.15, -0.1) is 12.4 Å². The van der Waals surface area contributed by atoms with E-state index in [1.54, 1.807) is 0 Å². The molecule has 0 spiro atoms. The Morgan fingerprint density at radius 2 is 2.16 bits per heavy atom. The van der Waals surface area contributed by atoms with E-state index in [9.17, 15) is 4.79 Å². The van der Waals surface area contributed by atoms with Crippen molar-refractivity contribution < 1.29 is 9.53 Å². The number of hydrogen-bond acceptors (Lipinski definition) is 3. The fourth-order valence-electron chi connectivity index (χ4n) is 2.12. The van der Waals surface area contributed by atoms with Crippen LogP contribution in [-0.2, 0) is 9.53 Å². The van der Waals surface area contributed by atoms with Gasteiger partial charge < -0.3 is 15.8 Å². The Hall–Kier alpha value is -1.10. The lowest BCUT2D eigenvalue weighted by atomic mass is 10.0. The third-order valence-electron chi connectivity index (χ3n) is 3.26. The molecule has 106 valence electrons. The molecule has 1 saturated heterocycles. The lowest BCUT2D eigenvalue weighted by Crippen LogP contribution is -2.39. The number of nitrogens with two attached hydrogens (primary N) is 1. The first-order valence-corrected chi connectivity index (χ1v) is 6.43. The molecule has 1 amide bonds. The summed E-state index contributed by atoms with van der Waals surface area (Å²) < 4.78 is 5.30. The molecule has 2 unspecified atom stereocenters. The largest absolute Gasteiger partial charge is 0.381 e. The van der Waals surface area contributed by atoms with E-state index in [-0.39, 0.29) is 30.3 Å². The Morgan fingerprint density at radius 3 is 2.79 bits per heavy atom. The fraction of sp³-hybridized carbons (Fsp3) is 0.500. The van der Waals surface area contributed by atoms with Gasteiger partial charge in [0, 0.05) is 19.2 Å². The van der Waals surface area contributed by atoms with Gasteiger partial charge in [0.05, 0.1) is 12.5 Å². The van der Waals surface area contributed by atoms with Crippen molar-refractivity contribution in [2.24, 2.45) is 11.7 Å². The van der Waals surface area contributed by atoms with Crippen LogP contribution in [0, 0.1) is 5.92 Å². The number of benzene rings is 1. The first-order chi connectivity index (χ1) is 8.77. The second kappa shape index (κ2) is 8.15. The zero-order valence-electron chi connectivity index (χ0n) is 10.9. The number of amides is 1. The number of nitrogens with one attached hydrogen (secondary N) is 1. The molecule has 1 aromatic carbocycles. The van der Waals surface area contributed by atoms with E-state index in [1.807, 2.05) is 30.3 Å². The van der Waals surface area contributed by atoms with Crippen LogP contribution in [0.15, 0.2) is 30.3 Å². The van der Waals surface area contributed by atoms with Crippen LogP contribution in [0.1, 0.15) is 24.4 Å². The molecule has 1 aliphatic heterocycles. The molecule has 2 atom stereocenters. The van der Waals surface area contributed by atoms with Crippen molar-refractivity contribution in [2.75, 3.05) is 19.8 Å². The Kier molecular flexibility index (Phi) is 6.84. The smallest absolute Gasteiger partial charge is 0.225 e. The van der Waals surface area contributed by atoms with Crippen LogP contribution in [0.5, 0.6) is 0 Å². The Labute approximate surface area is 120 Å². The highest BCUT2D eigenvalue weighted by molar-refractivity contribution is 5.85. The van der Waals surface area contributed by atoms with E-state index in [0.29, 0.717) is 13.2 Å². The van der Waals surface area contributed by atoms with Crippen molar-refractivity contribution in [3.63, 3.8) is 0 Å². The van der Waals surface area contributed by atoms with Crippen LogP contribution in [0.4, 0.5) is 0 Å². The first-order valence-electron chi connectivity index (χ1n) is 6.43. The van der Waals surface area contributed by atoms with Gasteiger partial charge in [-0.25, -0.2) is 0 Å². The number of halogens is 1. The van der Waals surface area contributed by atoms with Gasteiger partial charge in [0.1, 0.15) is 0 Å². The minimum Gasteiger partial charge on any atom is -0.381 e. The number of hydrogen-bond donors (Lipinski definition) is 2. The minimum atomic E-state index is -0.153. The van der Waals surface area contributed by atoms with E-state index >= 15 is 0 Å². The number of carbonyl (C=O) groups is 1. The molecule has 0 aromatic heterocycles. The Balaban J connectivity index is 0.00000180. The number of rotatable bonds is 4. The molecule has 19 heavy (non-hydrogen) atoms. The molecule has 1 fully saturated rings. The summed E-state index contributed by atoms with van der Waals surface area (Å²) in [6.07, 6.45) is 1.87. The van der Waals surface area contributed by atoms with Gasteiger partial charge in [-0.3, -0.25) is 4.79 Å². The molecule has 3 N–H and O–H groups in total. The fourth-order valence-corrected chi connectivity index (χ4v) is 2.12. The summed E-state index contributed by atoms with van der Waals surface area (Å²) in [6, 6.07) is 9.65. The van der Waals surface area contributed by atoms with Crippen molar-refractivity contribution in [1.82, 2.24) is 5.32 Å². The van der Waals surface area contributed by atoms with Crippen LogP contribution < -0.4 is 11.1 Å². The van der Waals surface area contributed by atoms with Gasteiger partial charge in [-0.2, -0.15) is 0 Å². The average molecular weight is 285 g/mol. The van der Waals surface area contributed by atoms with Crippen molar-refractivity contribution in [1.29, 1.82) is 0 Å². The highest BCUT2D eigenvalue weighted by atomic mass is 35.5. The van der Waals surface area contributed by atoms with Crippen LogP contribution in [0.25, 0.3) is 0 Å². The molecule has 1 heterocycles. The summed E-state index contributed by atoms with van der Waals surface area (Å²) in [5.74, 6) is 0.0443. The predicted molar refractivity (Wildman–Crippen MR) is 77.2 cm³/mol. The molecule has 0 saturated carbocycles. The summed E-state index contributed by atoms with van der Waals surface area (Å²) in [4.78, 5) is 11.9. The monoisotopic (exact) mass is 284 g/mol. The van der Waals surface area contributed by atoms with E-state index in [1.165, 1.54) is 0 Å². The van der Waals surface area contributed by atoms with Crippen molar-refractivity contribution in [3.8, 4) is 0 Å². The summed E-state index contributed by atoms with van der Waals surface area (Å²) >= 11 is 0. The van der Waals surface area contributed by atoms with Gasteiger partial charge in [0.15, 0.2) is 0 Å². The van der Waals surface area contributed by atoms with Crippen molar-refractivity contribution in [2.45, 2.75) is 18.9 Å². The molecule has 1 aromatic rings. The summed E-state index contributed by atoms with van der Waals surface area (Å²) in [5.41, 5.74) is 7.07. The molecule has 0 bridgehead atoms. The molecule has 1 aliphatic rings. The molecular formula is C14H21ClN2O2. The lowest BCUT2D eigenvalue weighted by Gasteiger charge is -2.22. The van der Waals surface area contributed by atoms with E-state index < -0.39 is 0 Å².